The van der Waals surface area contributed by atoms with Crippen LogP contribution in [0.25, 0.3) is 17.1 Å². The van der Waals surface area contributed by atoms with E-state index in [1.807, 2.05) is 6.92 Å². The summed E-state index contributed by atoms with van der Waals surface area (Å²) in [7, 11) is 3.00. The summed E-state index contributed by atoms with van der Waals surface area (Å²) in [6.07, 6.45) is -12.4. The lowest BCUT2D eigenvalue weighted by atomic mass is 9.99. The summed E-state index contributed by atoms with van der Waals surface area (Å²) in [6, 6.07) is 11.0. The Morgan fingerprint density at radius 1 is 1.02 bits per heavy atom. The molecule has 1 fully saturated rings. The van der Waals surface area contributed by atoms with Crippen LogP contribution in [0.5, 0.6) is 5.75 Å². The first-order valence-electron chi connectivity index (χ1n) is 14.0. The quantitative estimate of drug-likeness (QED) is 0.177. The third-order valence-corrected chi connectivity index (χ3v) is 6.99. The van der Waals surface area contributed by atoms with Crippen LogP contribution in [0.15, 0.2) is 67.5 Å². The molecule has 16 heteroatoms. The third-order valence-electron chi connectivity index (χ3n) is 6.99. The number of anilines is 1. The zero-order valence-electron chi connectivity index (χ0n) is 25.3. The normalized spacial score (nSPS) is 21.9. The van der Waals surface area contributed by atoms with Gasteiger partial charge in [0.1, 0.15) is 30.4 Å². The molecule has 2 aromatic carbocycles. The molecule has 3 aromatic rings. The van der Waals surface area contributed by atoms with Gasteiger partial charge in [0.2, 0.25) is 6.29 Å². The topological polar surface area (TPSA) is 106 Å². The predicted octanol–water partition coefficient (Wildman–Crippen LogP) is 5.78. The van der Waals surface area contributed by atoms with Crippen molar-refractivity contribution in [1.82, 2.24) is 14.8 Å². The van der Waals surface area contributed by atoms with Gasteiger partial charge in [-0.1, -0.05) is 6.08 Å². The second-order valence-corrected chi connectivity index (χ2v) is 9.98. The van der Waals surface area contributed by atoms with E-state index in [4.69, 9.17) is 23.7 Å². The lowest BCUT2D eigenvalue weighted by Gasteiger charge is -2.43. The van der Waals surface area contributed by atoms with Crippen LogP contribution in [0.3, 0.4) is 0 Å². The monoisotopic (exact) mass is 656 g/mol. The number of rotatable bonds is 12. The van der Waals surface area contributed by atoms with E-state index in [1.165, 1.54) is 48.3 Å². The summed E-state index contributed by atoms with van der Waals surface area (Å²) in [5.41, 5.74) is 1.36. The van der Waals surface area contributed by atoms with Crippen LogP contribution < -0.4 is 9.64 Å². The van der Waals surface area contributed by atoms with Gasteiger partial charge in [0.15, 0.2) is 5.82 Å². The van der Waals surface area contributed by atoms with Gasteiger partial charge in [0, 0.05) is 38.6 Å². The minimum Gasteiger partial charge on any atom is -0.426 e. The van der Waals surface area contributed by atoms with E-state index in [-0.39, 0.29) is 12.4 Å². The highest BCUT2D eigenvalue weighted by atomic mass is 19.4. The fourth-order valence-electron chi connectivity index (χ4n) is 4.78. The van der Waals surface area contributed by atoms with E-state index in [2.05, 4.69) is 21.4 Å². The minimum atomic E-state index is -5.86. The van der Waals surface area contributed by atoms with Crippen molar-refractivity contribution in [2.24, 2.45) is 0 Å². The molecule has 1 aliphatic rings. The van der Waals surface area contributed by atoms with E-state index in [9.17, 15) is 26.7 Å². The lowest BCUT2D eigenvalue weighted by Crippen LogP contribution is -2.60. The highest BCUT2D eigenvalue weighted by Crippen LogP contribution is 2.37. The summed E-state index contributed by atoms with van der Waals surface area (Å²) >= 11 is 0. The number of aromatic nitrogens is 3. The van der Waals surface area contributed by atoms with Crippen LogP contribution in [-0.2, 0) is 23.7 Å². The minimum absolute atomic E-state index is 0.106. The molecule has 250 valence electrons. The van der Waals surface area contributed by atoms with Gasteiger partial charge in [-0.25, -0.2) is 14.5 Å². The lowest BCUT2D eigenvalue weighted by molar-refractivity contribution is -0.360. The standard InChI is InChI=1S/C30H33F5N4O7/c1-6-16-38(28(40)45-27-25(42-5)24(43-7-2)23(41-4)18(3)44-27)20-10-8-19(9-11-20)26-36-17-39(37-26)21-12-14-22(15-13-21)46-30(34,35)29(31,32)33/h6,8-15,17-18,23-25,27H,1,7,16H2,2-5H3. The Kier molecular flexibility index (Phi) is 11.0. The summed E-state index contributed by atoms with van der Waals surface area (Å²) in [5.74, 6) is -0.407. The number of alkyl halides is 5. The summed E-state index contributed by atoms with van der Waals surface area (Å²) in [5, 5.41) is 4.34. The molecule has 2 heterocycles. The zero-order chi connectivity index (χ0) is 33.6. The molecular weight excluding hydrogens is 623 g/mol. The molecule has 0 aliphatic carbocycles. The maximum absolute atomic E-state index is 13.4. The highest BCUT2D eigenvalue weighted by Gasteiger charge is 2.61. The summed E-state index contributed by atoms with van der Waals surface area (Å²) < 4.78 is 97.4. The van der Waals surface area contributed by atoms with Crippen molar-refractivity contribution < 1.29 is 55.2 Å². The molecule has 5 atom stereocenters. The highest BCUT2D eigenvalue weighted by molar-refractivity contribution is 5.88. The maximum atomic E-state index is 13.4. The number of carbonyl (C=O) groups excluding carboxylic acids is 1. The van der Waals surface area contributed by atoms with Crippen LogP contribution in [0, 0.1) is 0 Å². The number of hydrogen-bond donors (Lipinski definition) is 0. The van der Waals surface area contributed by atoms with Gasteiger partial charge in [0.05, 0.1) is 11.8 Å². The molecule has 5 unspecified atom stereocenters. The first-order chi connectivity index (χ1) is 21.8. The number of halogens is 5. The third kappa shape index (κ3) is 7.63. The summed E-state index contributed by atoms with van der Waals surface area (Å²) in [6.45, 7) is 7.83. The Balaban J connectivity index is 1.46. The van der Waals surface area contributed by atoms with Gasteiger partial charge < -0.3 is 28.4 Å². The maximum Gasteiger partial charge on any atom is 0.499 e. The van der Waals surface area contributed by atoms with Crippen LogP contribution in [0.4, 0.5) is 32.4 Å². The molecule has 0 spiro atoms. The van der Waals surface area contributed by atoms with E-state index >= 15 is 0 Å². The molecule has 1 amide bonds. The Hall–Kier alpha value is -4.12. The number of nitrogens with zero attached hydrogens (tertiary/aromatic N) is 4. The van der Waals surface area contributed by atoms with E-state index in [1.54, 1.807) is 31.2 Å². The Morgan fingerprint density at radius 3 is 2.24 bits per heavy atom. The molecule has 0 radical (unpaired) electrons. The first kappa shape index (κ1) is 34.7. The SMILES string of the molecule is C=CCN(C(=O)OC1OC(C)C(OC)C(OCC)C1OC)c1ccc(-c2ncn(-c3ccc(OC(F)(F)C(F)(F)F)cc3)n2)cc1. The number of benzene rings is 2. The molecule has 1 aromatic heterocycles. The first-order valence-corrected chi connectivity index (χ1v) is 14.0. The van der Waals surface area contributed by atoms with Gasteiger partial charge in [-0.3, -0.25) is 4.90 Å². The molecule has 1 aliphatic heterocycles. The molecule has 1 saturated heterocycles. The second kappa shape index (κ2) is 14.5. The molecule has 11 nitrogen and oxygen atoms in total. The smallest absolute Gasteiger partial charge is 0.426 e. The van der Waals surface area contributed by atoms with Gasteiger partial charge in [0.25, 0.3) is 0 Å². The van der Waals surface area contributed by atoms with Gasteiger partial charge in [-0.05, 0) is 62.4 Å². The molecule has 46 heavy (non-hydrogen) atoms. The van der Waals surface area contributed by atoms with Crippen molar-refractivity contribution >= 4 is 11.8 Å². The number of ether oxygens (including phenoxy) is 6. The van der Waals surface area contributed by atoms with Crippen LogP contribution in [0.2, 0.25) is 0 Å². The van der Waals surface area contributed by atoms with Gasteiger partial charge in [-0.2, -0.15) is 22.0 Å². The average Bonchev–Trinajstić information content (AvgIpc) is 3.50. The zero-order valence-corrected chi connectivity index (χ0v) is 25.3. The van der Waals surface area contributed by atoms with Crippen molar-refractivity contribution in [1.29, 1.82) is 0 Å². The van der Waals surface area contributed by atoms with E-state index in [0.29, 0.717) is 23.5 Å². The van der Waals surface area contributed by atoms with Crippen LogP contribution >= 0.6 is 0 Å². The Labute approximate surface area is 261 Å². The molecule has 0 N–H and O–H groups in total. The number of carbonyl (C=O) groups is 1. The number of amides is 1. The number of methoxy groups -OCH3 is 2. The second-order valence-electron chi connectivity index (χ2n) is 9.98. The van der Waals surface area contributed by atoms with Crippen molar-refractivity contribution in [3.05, 3.63) is 67.5 Å². The molecule has 0 bridgehead atoms. The Morgan fingerprint density at radius 2 is 1.67 bits per heavy atom. The Bertz CT molecular complexity index is 1450. The van der Waals surface area contributed by atoms with Crippen LogP contribution in [-0.4, -0.2) is 91.2 Å². The fraction of sp³-hybridized carbons (Fsp3) is 0.433. The number of hydrogen-bond acceptors (Lipinski definition) is 9. The molecular formula is C30H33F5N4O7. The van der Waals surface area contributed by atoms with E-state index < -0.39 is 54.8 Å². The average molecular weight is 657 g/mol. The van der Waals surface area contributed by atoms with Gasteiger partial charge >= 0.3 is 18.4 Å². The molecule has 0 saturated carbocycles. The van der Waals surface area contributed by atoms with Crippen molar-refractivity contribution in [3.63, 3.8) is 0 Å². The van der Waals surface area contributed by atoms with Crippen molar-refractivity contribution in [2.75, 3.05) is 32.3 Å². The predicted molar refractivity (Wildman–Crippen MR) is 154 cm³/mol. The molecule has 4 rings (SSSR count). The largest absolute Gasteiger partial charge is 0.499 e. The summed E-state index contributed by atoms with van der Waals surface area (Å²) in [4.78, 5) is 18.9. The van der Waals surface area contributed by atoms with E-state index in [0.717, 1.165) is 12.1 Å². The fourth-order valence-corrected chi connectivity index (χ4v) is 4.78. The van der Waals surface area contributed by atoms with Crippen LogP contribution in [0.1, 0.15) is 13.8 Å². The van der Waals surface area contributed by atoms with Crippen molar-refractivity contribution in [3.8, 4) is 22.8 Å². The van der Waals surface area contributed by atoms with Crippen molar-refractivity contribution in [2.45, 2.75) is 56.8 Å². The van der Waals surface area contributed by atoms with Gasteiger partial charge in [-0.15, -0.1) is 11.7 Å².